The Hall–Kier alpha value is -1.59. The van der Waals surface area contributed by atoms with Gasteiger partial charge in [0.15, 0.2) is 5.76 Å². The number of furan rings is 1. The number of fused-ring (bicyclic) bond motifs is 1. The molecule has 2 aromatic heterocycles. The van der Waals surface area contributed by atoms with Crippen LogP contribution in [0, 0.1) is 6.92 Å². The summed E-state index contributed by atoms with van der Waals surface area (Å²) in [4.78, 5) is 13.2. The van der Waals surface area contributed by atoms with Crippen LogP contribution in [0.1, 0.15) is 21.0 Å². The van der Waals surface area contributed by atoms with Crippen LogP contribution >= 0.6 is 27.3 Å². The SMILES string of the molecule is Cc1ccc2oc(C(=O)NCc3cc(Br)cs3)cc2c1. The van der Waals surface area contributed by atoms with Gasteiger partial charge in [0.1, 0.15) is 5.58 Å². The maximum absolute atomic E-state index is 12.1. The quantitative estimate of drug-likeness (QED) is 0.756. The highest BCUT2D eigenvalue weighted by molar-refractivity contribution is 9.10. The first kappa shape index (κ1) is 13.4. The summed E-state index contributed by atoms with van der Waals surface area (Å²) in [5, 5.41) is 5.81. The van der Waals surface area contributed by atoms with Gasteiger partial charge in [0, 0.05) is 20.1 Å². The molecule has 0 saturated heterocycles. The molecule has 0 spiro atoms. The van der Waals surface area contributed by atoms with Crippen molar-refractivity contribution >= 4 is 44.1 Å². The molecule has 3 rings (SSSR count). The molecule has 0 aliphatic rings. The van der Waals surface area contributed by atoms with Crippen molar-refractivity contribution in [3.8, 4) is 0 Å². The molecule has 0 bridgehead atoms. The molecule has 0 radical (unpaired) electrons. The molecule has 1 aromatic carbocycles. The van der Waals surface area contributed by atoms with E-state index >= 15 is 0 Å². The molecule has 0 saturated carbocycles. The molecule has 5 heteroatoms. The summed E-state index contributed by atoms with van der Waals surface area (Å²) in [6.07, 6.45) is 0. The lowest BCUT2D eigenvalue weighted by Gasteiger charge is -1.99. The van der Waals surface area contributed by atoms with Crippen LogP contribution in [0.4, 0.5) is 0 Å². The second-order valence-corrected chi connectivity index (χ2v) is 6.48. The number of halogens is 1. The molecule has 3 nitrogen and oxygen atoms in total. The number of hydrogen-bond acceptors (Lipinski definition) is 3. The van der Waals surface area contributed by atoms with Crippen molar-refractivity contribution in [3.05, 3.63) is 56.4 Å². The highest BCUT2D eigenvalue weighted by Crippen LogP contribution is 2.22. The van der Waals surface area contributed by atoms with Gasteiger partial charge in [-0.1, -0.05) is 11.6 Å². The van der Waals surface area contributed by atoms with E-state index in [0.29, 0.717) is 12.3 Å². The van der Waals surface area contributed by atoms with Crippen molar-refractivity contribution in [3.63, 3.8) is 0 Å². The molecular formula is C15H12BrNO2S. The van der Waals surface area contributed by atoms with Gasteiger partial charge in [-0.2, -0.15) is 0 Å². The van der Waals surface area contributed by atoms with Crippen LogP contribution in [0.15, 0.2) is 44.6 Å². The predicted octanol–water partition coefficient (Wildman–Crippen LogP) is 4.50. The number of amides is 1. The number of nitrogens with one attached hydrogen (secondary N) is 1. The highest BCUT2D eigenvalue weighted by Gasteiger charge is 2.12. The van der Waals surface area contributed by atoms with E-state index in [2.05, 4.69) is 21.2 Å². The van der Waals surface area contributed by atoms with Gasteiger partial charge in [0.25, 0.3) is 5.91 Å². The van der Waals surface area contributed by atoms with E-state index in [1.54, 1.807) is 17.4 Å². The Labute approximate surface area is 128 Å². The molecule has 0 unspecified atom stereocenters. The molecule has 0 aliphatic heterocycles. The third-order valence-corrected chi connectivity index (χ3v) is 4.64. The van der Waals surface area contributed by atoms with Gasteiger partial charge < -0.3 is 9.73 Å². The molecular weight excluding hydrogens is 338 g/mol. The Morgan fingerprint density at radius 1 is 1.35 bits per heavy atom. The fraction of sp³-hybridized carbons (Fsp3) is 0.133. The van der Waals surface area contributed by atoms with Crippen LogP contribution in [0.25, 0.3) is 11.0 Å². The maximum atomic E-state index is 12.1. The Bertz CT molecular complexity index is 775. The lowest BCUT2D eigenvalue weighted by Crippen LogP contribution is -2.21. The Kier molecular flexibility index (Phi) is 3.63. The van der Waals surface area contributed by atoms with Gasteiger partial charge in [-0.15, -0.1) is 11.3 Å². The van der Waals surface area contributed by atoms with Crippen LogP contribution in [0.5, 0.6) is 0 Å². The van der Waals surface area contributed by atoms with Crippen LogP contribution in [-0.2, 0) is 6.54 Å². The average molecular weight is 350 g/mol. The second-order valence-electron chi connectivity index (χ2n) is 4.57. The third-order valence-electron chi connectivity index (χ3n) is 2.94. The smallest absolute Gasteiger partial charge is 0.287 e. The molecule has 1 N–H and O–H groups in total. The predicted molar refractivity (Wildman–Crippen MR) is 84.1 cm³/mol. The summed E-state index contributed by atoms with van der Waals surface area (Å²) < 4.78 is 6.59. The molecule has 102 valence electrons. The average Bonchev–Trinajstić information content (AvgIpc) is 3.01. The molecule has 0 atom stereocenters. The second kappa shape index (κ2) is 5.42. The van der Waals surface area contributed by atoms with E-state index in [4.69, 9.17) is 4.42 Å². The summed E-state index contributed by atoms with van der Waals surface area (Å²) in [5.41, 5.74) is 1.88. The summed E-state index contributed by atoms with van der Waals surface area (Å²) in [6, 6.07) is 9.63. The summed E-state index contributed by atoms with van der Waals surface area (Å²) in [6.45, 7) is 2.52. The summed E-state index contributed by atoms with van der Waals surface area (Å²) in [5.74, 6) is 0.157. The molecule has 2 heterocycles. The topological polar surface area (TPSA) is 42.2 Å². The lowest BCUT2D eigenvalue weighted by atomic mass is 10.2. The van der Waals surface area contributed by atoms with E-state index in [0.717, 1.165) is 25.9 Å². The van der Waals surface area contributed by atoms with Crippen LogP contribution in [0.2, 0.25) is 0 Å². The van der Waals surface area contributed by atoms with E-state index in [9.17, 15) is 4.79 Å². The molecule has 1 amide bonds. The Morgan fingerprint density at radius 2 is 2.20 bits per heavy atom. The van der Waals surface area contributed by atoms with Crippen molar-refractivity contribution < 1.29 is 9.21 Å². The van der Waals surface area contributed by atoms with Crippen molar-refractivity contribution in [2.24, 2.45) is 0 Å². The van der Waals surface area contributed by atoms with Crippen molar-refractivity contribution in [1.82, 2.24) is 5.32 Å². The van der Waals surface area contributed by atoms with Gasteiger partial charge in [0.05, 0.1) is 6.54 Å². The standard InChI is InChI=1S/C15H12BrNO2S/c1-9-2-3-13-10(4-9)5-14(19-13)15(18)17-7-12-6-11(16)8-20-12/h2-6,8H,7H2,1H3,(H,17,18). The number of thiophene rings is 1. The monoisotopic (exact) mass is 349 g/mol. The number of carbonyl (C=O) groups is 1. The number of rotatable bonds is 3. The van der Waals surface area contributed by atoms with Gasteiger partial charge in [-0.3, -0.25) is 4.79 Å². The van der Waals surface area contributed by atoms with Crippen molar-refractivity contribution in [2.45, 2.75) is 13.5 Å². The van der Waals surface area contributed by atoms with Crippen LogP contribution in [0.3, 0.4) is 0 Å². The maximum Gasteiger partial charge on any atom is 0.287 e. The minimum atomic E-state index is -0.191. The molecule has 3 aromatic rings. The minimum Gasteiger partial charge on any atom is -0.451 e. The first-order valence-corrected chi connectivity index (χ1v) is 7.80. The fourth-order valence-corrected chi connectivity index (χ4v) is 3.37. The normalized spacial score (nSPS) is 10.9. The Morgan fingerprint density at radius 3 is 2.95 bits per heavy atom. The largest absolute Gasteiger partial charge is 0.451 e. The van der Waals surface area contributed by atoms with Crippen LogP contribution < -0.4 is 5.32 Å². The van der Waals surface area contributed by atoms with E-state index in [1.807, 2.05) is 36.6 Å². The zero-order valence-corrected chi connectivity index (χ0v) is 13.2. The molecule has 20 heavy (non-hydrogen) atoms. The van der Waals surface area contributed by atoms with Gasteiger partial charge in [-0.25, -0.2) is 0 Å². The first-order chi connectivity index (χ1) is 9.61. The number of aryl methyl sites for hydroxylation is 1. The molecule has 0 aliphatic carbocycles. The summed E-state index contributed by atoms with van der Waals surface area (Å²) >= 11 is 4.99. The van der Waals surface area contributed by atoms with Gasteiger partial charge in [-0.05, 0) is 47.1 Å². The number of carbonyl (C=O) groups excluding carboxylic acids is 1. The van der Waals surface area contributed by atoms with Gasteiger partial charge >= 0.3 is 0 Å². The highest BCUT2D eigenvalue weighted by atomic mass is 79.9. The fourth-order valence-electron chi connectivity index (χ4n) is 1.98. The van der Waals surface area contributed by atoms with E-state index < -0.39 is 0 Å². The first-order valence-electron chi connectivity index (χ1n) is 6.13. The van der Waals surface area contributed by atoms with Crippen molar-refractivity contribution in [1.29, 1.82) is 0 Å². The zero-order valence-electron chi connectivity index (χ0n) is 10.8. The van der Waals surface area contributed by atoms with Gasteiger partial charge in [0.2, 0.25) is 0 Å². The Balaban J connectivity index is 1.75. The number of benzene rings is 1. The summed E-state index contributed by atoms with van der Waals surface area (Å²) in [7, 11) is 0. The van der Waals surface area contributed by atoms with Crippen molar-refractivity contribution in [2.75, 3.05) is 0 Å². The van der Waals surface area contributed by atoms with Crippen LogP contribution in [-0.4, -0.2) is 5.91 Å². The van der Waals surface area contributed by atoms with E-state index in [-0.39, 0.29) is 5.91 Å². The number of hydrogen-bond donors (Lipinski definition) is 1. The molecule has 0 fully saturated rings. The minimum absolute atomic E-state index is 0.191. The third kappa shape index (κ3) is 2.78. The van der Waals surface area contributed by atoms with E-state index in [1.165, 1.54) is 0 Å². The zero-order chi connectivity index (χ0) is 14.1. The lowest BCUT2D eigenvalue weighted by molar-refractivity contribution is 0.0925.